The molecule has 2 aliphatic rings. The first-order valence-electron chi connectivity index (χ1n) is 10.6. The number of carbonyl (C=O) groups is 1. The van der Waals surface area contributed by atoms with E-state index in [-0.39, 0.29) is 29.8 Å². The fraction of sp³-hybridized carbons (Fsp3) is 0.318. The number of rotatable bonds is 5. The quantitative estimate of drug-likeness (QED) is 0.603. The Morgan fingerprint density at radius 2 is 1.82 bits per heavy atom. The van der Waals surface area contributed by atoms with E-state index in [0.717, 1.165) is 0 Å². The van der Waals surface area contributed by atoms with Crippen LogP contribution in [0.5, 0.6) is 11.5 Å². The number of ether oxygens (including phenoxy) is 2. The van der Waals surface area contributed by atoms with Gasteiger partial charge in [-0.3, -0.25) is 4.79 Å². The molecule has 3 aromatic rings. The maximum atomic E-state index is 13.1. The first-order chi connectivity index (χ1) is 16.0. The number of anilines is 1. The molecule has 33 heavy (non-hydrogen) atoms. The highest BCUT2D eigenvalue weighted by atomic mass is 32.2. The lowest BCUT2D eigenvalue weighted by atomic mass is 9.97. The van der Waals surface area contributed by atoms with Gasteiger partial charge in [0.1, 0.15) is 13.2 Å². The molecule has 0 unspecified atom stereocenters. The molecular formula is C22H22N4O6S. The highest BCUT2D eigenvalue weighted by Crippen LogP contribution is 2.34. The summed E-state index contributed by atoms with van der Waals surface area (Å²) in [7, 11) is -3.69. The summed E-state index contributed by atoms with van der Waals surface area (Å²) in [4.78, 5) is 13.0. The van der Waals surface area contributed by atoms with Crippen LogP contribution in [0.1, 0.15) is 12.8 Å². The summed E-state index contributed by atoms with van der Waals surface area (Å²) in [5, 5.41) is 10.4. The van der Waals surface area contributed by atoms with Gasteiger partial charge in [0.05, 0.1) is 4.90 Å². The Bertz CT molecular complexity index is 1250. The van der Waals surface area contributed by atoms with Crippen molar-refractivity contribution in [3.05, 3.63) is 48.9 Å². The van der Waals surface area contributed by atoms with E-state index >= 15 is 0 Å². The van der Waals surface area contributed by atoms with Gasteiger partial charge in [-0.05, 0) is 43.2 Å². The molecule has 11 heteroatoms. The number of amides is 1. The van der Waals surface area contributed by atoms with Crippen molar-refractivity contribution in [1.29, 1.82) is 0 Å². The molecule has 0 radical (unpaired) electrons. The predicted octanol–water partition coefficient (Wildman–Crippen LogP) is 2.55. The Kier molecular flexibility index (Phi) is 5.73. The minimum atomic E-state index is -3.69. The van der Waals surface area contributed by atoms with Gasteiger partial charge in [-0.1, -0.05) is 6.07 Å². The number of carbonyl (C=O) groups excluding carboxylic acids is 1. The maximum absolute atomic E-state index is 13.1. The molecule has 1 aromatic heterocycles. The van der Waals surface area contributed by atoms with Gasteiger partial charge in [-0.25, -0.2) is 8.42 Å². The molecule has 0 aliphatic carbocycles. The molecule has 0 saturated carbocycles. The molecule has 0 bridgehead atoms. The zero-order valence-electron chi connectivity index (χ0n) is 17.6. The van der Waals surface area contributed by atoms with Crippen molar-refractivity contribution in [1.82, 2.24) is 14.5 Å². The van der Waals surface area contributed by atoms with E-state index in [0.29, 0.717) is 54.7 Å². The van der Waals surface area contributed by atoms with Gasteiger partial charge in [0.2, 0.25) is 28.2 Å². The topological polar surface area (TPSA) is 124 Å². The van der Waals surface area contributed by atoms with Crippen LogP contribution < -0.4 is 14.8 Å². The summed E-state index contributed by atoms with van der Waals surface area (Å²) < 4.78 is 43.8. The van der Waals surface area contributed by atoms with Gasteiger partial charge < -0.3 is 19.2 Å². The zero-order chi connectivity index (χ0) is 22.8. The molecule has 2 aromatic carbocycles. The van der Waals surface area contributed by atoms with Gasteiger partial charge in [0.15, 0.2) is 11.5 Å². The molecule has 0 spiro atoms. The molecule has 3 heterocycles. The van der Waals surface area contributed by atoms with Crippen molar-refractivity contribution in [3.8, 4) is 23.0 Å². The monoisotopic (exact) mass is 470 g/mol. The number of nitrogens with zero attached hydrogens (tertiary/aromatic N) is 3. The second kappa shape index (κ2) is 8.83. The smallest absolute Gasteiger partial charge is 0.247 e. The van der Waals surface area contributed by atoms with E-state index in [4.69, 9.17) is 13.9 Å². The molecule has 2 aliphatic heterocycles. The predicted molar refractivity (Wildman–Crippen MR) is 117 cm³/mol. The molecule has 1 amide bonds. The summed E-state index contributed by atoms with van der Waals surface area (Å²) in [5.74, 6) is 0.902. The highest BCUT2D eigenvalue weighted by Gasteiger charge is 2.33. The van der Waals surface area contributed by atoms with Gasteiger partial charge in [-0.15, -0.1) is 10.2 Å². The normalized spacial score (nSPS) is 17.0. The molecule has 5 rings (SSSR count). The Hall–Kier alpha value is -3.44. The van der Waals surface area contributed by atoms with Gasteiger partial charge >= 0.3 is 0 Å². The molecule has 0 atom stereocenters. The van der Waals surface area contributed by atoms with Crippen molar-refractivity contribution >= 4 is 21.6 Å². The van der Waals surface area contributed by atoms with Gasteiger partial charge in [-0.2, -0.15) is 4.31 Å². The summed E-state index contributed by atoms with van der Waals surface area (Å²) in [6.07, 6.45) is 2.10. The summed E-state index contributed by atoms with van der Waals surface area (Å²) >= 11 is 0. The summed E-state index contributed by atoms with van der Waals surface area (Å²) in [5.41, 5.74) is 1.31. The second-order valence-corrected chi connectivity index (χ2v) is 9.74. The van der Waals surface area contributed by atoms with Crippen LogP contribution in [0.15, 0.2) is 58.2 Å². The number of aromatic nitrogens is 2. The van der Waals surface area contributed by atoms with E-state index in [1.807, 2.05) is 6.07 Å². The minimum Gasteiger partial charge on any atom is -0.486 e. The van der Waals surface area contributed by atoms with Crippen LogP contribution in [0.3, 0.4) is 0 Å². The Morgan fingerprint density at radius 1 is 1.03 bits per heavy atom. The van der Waals surface area contributed by atoms with Crippen molar-refractivity contribution < 1.29 is 27.1 Å². The zero-order valence-corrected chi connectivity index (χ0v) is 18.5. The third-order valence-corrected chi connectivity index (χ3v) is 7.61. The molecule has 1 saturated heterocycles. The number of piperidine rings is 1. The number of fused-ring (bicyclic) bond motifs is 1. The van der Waals surface area contributed by atoms with Crippen LogP contribution in [0.2, 0.25) is 0 Å². The third-order valence-electron chi connectivity index (χ3n) is 5.71. The van der Waals surface area contributed by atoms with Gasteiger partial charge in [0, 0.05) is 36.3 Å². The summed E-state index contributed by atoms with van der Waals surface area (Å²) in [6, 6.07) is 11.8. The van der Waals surface area contributed by atoms with Crippen LogP contribution in [-0.4, -0.2) is 55.1 Å². The van der Waals surface area contributed by atoms with Gasteiger partial charge in [0.25, 0.3) is 0 Å². The molecule has 172 valence electrons. The average molecular weight is 471 g/mol. The van der Waals surface area contributed by atoms with E-state index in [1.54, 1.807) is 24.3 Å². The molecular weight excluding hydrogens is 448 g/mol. The Morgan fingerprint density at radius 3 is 2.58 bits per heavy atom. The van der Waals surface area contributed by atoms with E-state index in [9.17, 15) is 13.2 Å². The molecule has 1 N–H and O–H groups in total. The van der Waals surface area contributed by atoms with E-state index in [1.165, 1.54) is 22.8 Å². The van der Waals surface area contributed by atoms with Crippen LogP contribution >= 0.6 is 0 Å². The number of sulfonamides is 1. The average Bonchev–Trinajstić information content (AvgIpc) is 3.39. The van der Waals surface area contributed by atoms with E-state index in [2.05, 4.69) is 15.5 Å². The standard InChI is InChI=1S/C22H22N4O6S/c27-21(24-17-3-1-2-16(12-17)22-25-23-14-32-22)15-6-8-26(9-7-15)33(28,29)18-4-5-19-20(13-18)31-11-10-30-19/h1-5,12-15H,6-11H2,(H,24,27). The lowest BCUT2D eigenvalue weighted by Crippen LogP contribution is -2.41. The molecule has 1 fully saturated rings. The molecule has 10 nitrogen and oxygen atoms in total. The van der Waals surface area contributed by atoms with Crippen LogP contribution in [0, 0.1) is 5.92 Å². The fourth-order valence-electron chi connectivity index (χ4n) is 3.96. The number of hydrogen-bond acceptors (Lipinski definition) is 8. The number of benzene rings is 2. The first kappa shape index (κ1) is 21.4. The Labute approximate surface area is 190 Å². The van der Waals surface area contributed by atoms with Crippen LogP contribution in [0.4, 0.5) is 5.69 Å². The third kappa shape index (κ3) is 4.41. The first-order valence-corrected chi connectivity index (χ1v) is 12.0. The number of hydrogen-bond donors (Lipinski definition) is 1. The minimum absolute atomic E-state index is 0.144. The number of nitrogens with one attached hydrogen (secondary N) is 1. The van der Waals surface area contributed by atoms with Crippen molar-refractivity contribution in [2.24, 2.45) is 5.92 Å². The van der Waals surface area contributed by atoms with Crippen molar-refractivity contribution in [2.75, 3.05) is 31.6 Å². The summed E-state index contributed by atoms with van der Waals surface area (Å²) in [6.45, 7) is 1.35. The van der Waals surface area contributed by atoms with Crippen molar-refractivity contribution in [2.45, 2.75) is 17.7 Å². The van der Waals surface area contributed by atoms with Crippen LogP contribution in [0.25, 0.3) is 11.5 Å². The van der Waals surface area contributed by atoms with Crippen molar-refractivity contribution in [3.63, 3.8) is 0 Å². The van der Waals surface area contributed by atoms with E-state index < -0.39 is 10.0 Å². The largest absolute Gasteiger partial charge is 0.486 e. The highest BCUT2D eigenvalue weighted by molar-refractivity contribution is 7.89. The van der Waals surface area contributed by atoms with Crippen LogP contribution in [-0.2, 0) is 14.8 Å². The SMILES string of the molecule is O=C(Nc1cccc(-c2nnco2)c1)C1CCN(S(=O)(=O)c2ccc3c(c2)OCCO3)CC1. The fourth-order valence-corrected chi connectivity index (χ4v) is 5.45. The Balaban J connectivity index is 1.22. The second-order valence-electron chi connectivity index (χ2n) is 7.80. The lowest BCUT2D eigenvalue weighted by Gasteiger charge is -2.31. The maximum Gasteiger partial charge on any atom is 0.247 e. The lowest BCUT2D eigenvalue weighted by molar-refractivity contribution is -0.120.